The van der Waals surface area contributed by atoms with Crippen LogP contribution in [0, 0.1) is 18.8 Å². The number of aliphatic hydroxyl groups is 1. The van der Waals surface area contributed by atoms with Crippen molar-refractivity contribution < 1.29 is 14.6 Å². The summed E-state index contributed by atoms with van der Waals surface area (Å²) in [6.45, 7) is 7.79. The van der Waals surface area contributed by atoms with E-state index < -0.39 is 0 Å². The van der Waals surface area contributed by atoms with E-state index in [1.54, 1.807) is 15.7 Å². The maximum Gasteiger partial charge on any atom is 0.263 e. The number of ether oxygens (including phenoxy) is 1. The Morgan fingerprint density at radius 1 is 1.38 bits per heavy atom. The molecule has 0 aromatic carbocycles. The number of aryl methyl sites for hydroxylation is 2. The van der Waals surface area contributed by atoms with Crippen molar-refractivity contribution >= 4 is 5.91 Å². The van der Waals surface area contributed by atoms with Crippen molar-refractivity contribution in [1.29, 1.82) is 0 Å². The quantitative estimate of drug-likeness (QED) is 0.867. The molecule has 2 fully saturated rings. The molecule has 1 aromatic heterocycles. The van der Waals surface area contributed by atoms with Gasteiger partial charge in [-0.1, -0.05) is 13.8 Å². The molecule has 0 radical (unpaired) electrons. The topological polar surface area (TPSA) is 71.8 Å². The zero-order valence-corrected chi connectivity index (χ0v) is 16.0. The predicted molar refractivity (Wildman–Crippen MR) is 99.3 cm³/mol. The highest BCUT2D eigenvalue weighted by atomic mass is 16.5. The minimum absolute atomic E-state index is 0.0305. The molecule has 2 aliphatic rings. The van der Waals surface area contributed by atoms with E-state index in [1.807, 2.05) is 13.0 Å². The Hall–Kier alpha value is -1.66. The van der Waals surface area contributed by atoms with Crippen molar-refractivity contribution in [3.8, 4) is 0 Å². The Morgan fingerprint density at radius 3 is 2.85 bits per heavy atom. The van der Waals surface area contributed by atoms with Crippen LogP contribution in [-0.2, 0) is 11.3 Å². The number of carbonyl (C=O) groups excluding carboxylic acids is 1. The average Bonchev–Trinajstić information content (AvgIpc) is 3.04. The summed E-state index contributed by atoms with van der Waals surface area (Å²) in [7, 11) is 0. The van der Waals surface area contributed by atoms with E-state index in [4.69, 9.17) is 4.74 Å². The van der Waals surface area contributed by atoms with Crippen molar-refractivity contribution in [1.82, 2.24) is 9.47 Å². The van der Waals surface area contributed by atoms with Gasteiger partial charge < -0.3 is 19.3 Å². The van der Waals surface area contributed by atoms with Crippen molar-refractivity contribution in [2.75, 3.05) is 19.8 Å². The van der Waals surface area contributed by atoms with E-state index in [0.717, 1.165) is 24.8 Å². The predicted octanol–water partition coefficient (Wildman–Crippen LogP) is 1.81. The molecule has 1 saturated carbocycles. The van der Waals surface area contributed by atoms with Gasteiger partial charge in [0.1, 0.15) is 5.56 Å². The molecule has 6 nitrogen and oxygen atoms in total. The monoisotopic (exact) mass is 362 g/mol. The van der Waals surface area contributed by atoms with E-state index in [1.165, 1.54) is 0 Å². The Balaban J connectivity index is 1.87. The fourth-order valence-electron chi connectivity index (χ4n) is 4.09. The second kappa shape index (κ2) is 7.92. The van der Waals surface area contributed by atoms with Gasteiger partial charge in [0, 0.05) is 25.9 Å². The summed E-state index contributed by atoms with van der Waals surface area (Å²) in [5.74, 6) is 0.470. The minimum Gasteiger partial charge on any atom is -0.396 e. The van der Waals surface area contributed by atoms with Gasteiger partial charge in [-0.2, -0.15) is 0 Å². The lowest BCUT2D eigenvalue weighted by Crippen LogP contribution is -2.52. The molecule has 3 atom stereocenters. The number of carbonyl (C=O) groups is 1. The Labute approximate surface area is 154 Å². The Morgan fingerprint density at radius 2 is 2.15 bits per heavy atom. The first-order valence-electron chi connectivity index (χ1n) is 9.65. The number of nitrogens with zero attached hydrogens (tertiary/aromatic N) is 2. The molecule has 1 N–H and O–H groups in total. The van der Waals surface area contributed by atoms with Crippen LogP contribution in [0.2, 0.25) is 0 Å². The summed E-state index contributed by atoms with van der Waals surface area (Å²) in [5, 5.41) is 9.47. The number of pyridine rings is 1. The fraction of sp³-hybridized carbons (Fsp3) is 0.700. The summed E-state index contributed by atoms with van der Waals surface area (Å²) in [4.78, 5) is 28.0. The molecule has 1 unspecified atom stereocenters. The van der Waals surface area contributed by atoms with Gasteiger partial charge in [-0.3, -0.25) is 9.59 Å². The number of amides is 1. The van der Waals surface area contributed by atoms with Crippen LogP contribution in [0.5, 0.6) is 0 Å². The Kier molecular flexibility index (Phi) is 5.82. The third kappa shape index (κ3) is 3.71. The van der Waals surface area contributed by atoms with E-state index in [2.05, 4.69) is 13.8 Å². The van der Waals surface area contributed by atoms with Gasteiger partial charge in [-0.25, -0.2) is 0 Å². The zero-order valence-electron chi connectivity index (χ0n) is 16.0. The van der Waals surface area contributed by atoms with Crippen molar-refractivity contribution in [3.05, 3.63) is 33.7 Å². The molecular weight excluding hydrogens is 332 g/mol. The summed E-state index contributed by atoms with van der Waals surface area (Å²) < 4.78 is 7.47. The van der Waals surface area contributed by atoms with Crippen molar-refractivity contribution in [2.45, 2.75) is 58.7 Å². The van der Waals surface area contributed by atoms with Crippen LogP contribution in [0.3, 0.4) is 0 Å². The van der Waals surface area contributed by atoms with E-state index in [9.17, 15) is 14.7 Å². The van der Waals surface area contributed by atoms with Crippen LogP contribution in [0.4, 0.5) is 0 Å². The van der Waals surface area contributed by atoms with E-state index >= 15 is 0 Å². The number of hydrogen-bond donors (Lipinski definition) is 1. The maximum atomic E-state index is 13.3. The molecule has 26 heavy (non-hydrogen) atoms. The van der Waals surface area contributed by atoms with Crippen LogP contribution in [0.25, 0.3) is 0 Å². The molecule has 6 heteroatoms. The summed E-state index contributed by atoms with van der Waals surface area (Å²) >= 11 is 0. The van der Waals surface area contributed by atoms with Crippen LogP contribution in [0.15, 0.2) is 17.1 Å². The number of aromatic nitrogens is 1. The highest BCUT2D eigenvalue weighted by molar-refractivity contribution is 5.95. The molecule has 1 saturated heterocycles. The molecule has 1 amide bonds. The van der Waals surface area contributed by atoms with Gasteiger partial charge in [0.15, 0.2) is 0 Å². The van der Waals surface area contributed by atoms with E-state index in [-0.39, 0.29) is 41.7 Å². The smallest absolute Gasteiger partial charge is 0.263 e. The summed E-state index contributed by atoms with van der Waals surface area (Å²) in [6.07, 6.45) is 4.17. The Bertz CT molecular complexity index is 712. The first-order valence-corrected chi connectivity index (χ1v) is 9.65. The first-order chi connectivity index (χ1) is 12.4. The van der Waals surface area contributed by atoms with Crippen LogP contribution < -0.4 is 5.56 Å². The maximum absolute atomic E-state index is 13.3. The summed E-state index contributed by atoms with van der Waals surface area (Å²) in [5.41, 5.74) is 0.806. The standard InChI is InChI=1S/C20H30N2O4/c1-13(2)4-6-21-7-5-14(3)18(19(21)24)20(25)22-8-9-26-17-11-15(12-23)10-16(17)22/h5,7,13,15-17,23H,4,6,8-12H2,1-3H3/t15-,16+,17?/m1/s1. The fourth-order valence-corrected chi connectivity index (χ4v) is 4.09. The lowest BCUT2D eigenvalue weighted by Gasteiger charge is -2.37. The first kappa shape index (κ1) is 19.1. The third-order valence-corrected chi connectivity index (χ3v) is 5.69. The molecule has 2 heterocycles. The number of rotatable bonds is 5. The second-order valence-electron chi connectivity index (χ2n) is 8.05. The molecule has 0 bridgehead atoms. The molecular formula is C20H30N2O4. The zero-order chi connectivity index (χ0) is 18.8. The van der Waals surface area contributed by atoms with Crippen LogP contribution in [0.1, 0.15) is 49.0 Å². The van der Waals surface area contributed by atoms with Crippen LogP contribution >= 0.6 is 0 Å². The molecule has 1 aromatic rings. The summed E-state index contributed by atoms with van der Waals surface area (Å²) in [6, 6.07) is 1.81. The largest absolute Gasteiger partial charge is 0.396 e. The lowest BCUT2D eigenvalue weighted by molar-refractivity contribution is -0.0449. The van der Waals surface area contributed by atoms with Gasteiger partial charge in [0.25, 0.3) is 11.5 Å². The van der Waals surface area contributed by atoms with Crippen molar-refractivity contribution in [3.63, 3.8) is 0 Å². The second-order valence-corrected chi connectivity index (χ2v) is 8.05. The van der Waals surface area contributed by atoms with Gasteiger partial charge >= 0.3 is 0 Å². The van der Waals surface area contributed by atoms with Gasteiger partial charge in [0.2, 0.25) is 0 Å². The average molecular weight is 362 g/mol. The number of aliphatic hydroxyl groups excluding tert-OH is 1. The molecule has 144 valence electrons. The van der Waals surface area contributed by atoms with Gasteiger partial charge in [-0.05, 0) is 49.7 Å². The normalized spacial score (nSPS) is 25.6. The highest BCUT2D eigenvalue weighted by Gasteiger charge is 2.43. The highest BCUT2D eigenvalue weighted by Crippen LogP contribution is 2.34. The van der Waals surface area contributed by atoms with Crippen LogP contribution in [-0.4, -0.2) is 52.4 Å². The third-order valence-electron chi connectivity index (χ3n) is 5.69. The molecule has 1 aliphatic carbocycles. The minimum atomic E-state index is -0.199. The van der Waals surface area contributed by atoms with Gasteiger partial charge in [-0.15, -0.1) is 0 Å². The molecule has 0 spiro atoms. The van der Waals surface area contributed by atoms with Crippen molar-refractivity contribution in [2.24, 2.45) is 11.8 Å². The number of fused-ring (bicyclic) bond motifs is 1. The van der Waals surface area contributed by atoms with Gasteiger partial charge in [0.05, 0.1) is 18.8 Å². The molecule has 3 rings (SSSR count). The lowest BCUT2D eigenvalue weighted by atomic mass is 10.1. The number of morpholine rings is 1. The SMILES string of the molecule is Cc1ccn(CCC(C)C)c(=O)c1C(=O)N1CCOC2C[C@H](CO)C[C@@H]21. The molecule has 1 aliphatic heterocycles. The number of hydrogen-bond acceptors (Lipinski definition) is 4. The van der Waals surface area contributed by atoms with E-state index in [0.29, 0.717) is 25.6 Å².